The molecule has 0 aliphatic carbocycles. The molecule has 3 heteroatoms. The number of carboxylic acid groups (broad SMARTS) is 1. The Hall–Kier alpha value is -0.570. The van der Waals surface area contributed by atoms with Crippen LogP contribution >= 0.6 is 0 Å². The van der Waals surface area contributed by atoms with Crippen LogP contribution in [-0.2, 0) is 4.79 Å². The first-order valence-electron chi connectivity index (χ1n) is 5.51. The van der Waals surface area contributed by atoms with Crippen LogP contribution in [-0.4, -0.2) is 35.1 Å². The summed E-state index contributed by atoms with van der Waals surface area (Å²) in [4.78, 5) is 11.6. The zero-order valence-corrected chi connectivity index (χ0v) is 9.62. The number of nitrogens with zero attached hydrogens (tertiary/aromatic N) is 1. The Morgan fingerprint density at radius 1 is 1.57 bits per heavy atom. The molecule has 1 N–H and O–H groups in total. The maximum atomic E-state index is 9.00. The number of hydrogen-bond donors (Lipinski definition) is 1. The number of likely N-dealkylation sites (tertiary alicyclic amines) is 1. The molecular formula is C11H23NO2. The highest BCUT2D eigenvalue weighted by Crippen LogP contribution is 2.16. The Kier molecular flexibility index (Phi) is 7.48. The van der Waals surface area contributed by atoms with Crippen molar-refractivity contribution in [2.75, 3.05) is 13.1 Å². The second-order valence-corrected chi connectivity index (χ2v) is 3.90. The van der Waals surface area contributed by atoms with Crippen LogP contribution in [0.4, 0.5) is 0 Å². The molecule has 1 aliphatic rings. The van der Waals surface area contributed by atoms with E-state index in [2.05, 4.69) is 18.7 Å². The smallest absolute Gasteiger partial charge is 0.300 e. The second kappa shape index (κ2) is 7.80. The zero-order chi connectivity index (χ0) is 11.0. The number of aliphatic carboxylic acids is 1. The molecular weight excluding hydrogens is 178 g/mol. The monoisotopic (exact) mass is 201 g/mol. The normalized spacial score (nSPS) is 21.5. The topological polar surface area (TPSA) is 40.5 Å². The van der Waals surface area contributed by atoms with E-state index in [-0.39, 0.29) is 0 Å². The van der Waals surface area contributed by atoms with Crippen LogP contribution in [0.2, 0.25) is 0 Å². The second-order valence-electron chi connectivity index (χ2n) is 3.90. The van der Waals surface area contributed by atoms with Crippen LogP contribution in [0.3, 0.4) is 0 Å². The summed E-state index contributed by atoms with van der Waals surface area (Å²) in [6, 6.07) is 0.867. The molecule has 14 heavy (non-hydrogen) atoms. The van der Waals surface area contributed by atoms with Crippen LogP contribution in [0.15, 0.2) is 0 Å². The molecule has 0 bridgehead atoms. The van der Waals surface area contributed by atoms with Gasteiger partial charge in [-0.3, -0.25) is 4.79 Å². The Morgan fingerprint density at radius 2 is 2.14 bits per heavy atom. The Labute approximate surface area is 87.1 Å². The minimum Gasteiger partial charge on any atom is -0.481 e. The maximum Gasteiger partial charge on any atom is 0.300 e. The van der Waals surface area contributed by atoms with Gasteiger partial charge in [0.15, 0.2) is 0 Å². The van der Waals surface area contributed by atoms with Crippen molar-refractivity contribution in [2.24, 2.45) is 0 Å². The number of carbonyl (C=O) groups is 1. The summed E-state index contributed by atoms with van der Waals surface area (Å²) in [5.74, 6) is -0.833. The van der Waals surface area contributed by atoms with Crippen LogP contribution < -0.4 is 0 Å². The Bertz CT molecular complexity index is 155. The molecule has 1 heterocycles. The van der Waals surface area contributed by atoms with Gasteiger partial charge in [-0.15, -0.1) is 0 Å². The van der Waals surface area contributed by atoms with Gasteiger partial charge in [-0.1, -0.05) is 13.3 Å². The molecule has 0 aromatic carbocycles. The van der Waals surface area contributed by atoms with E-state index in [0.717, 1.165) is 13.0 Å². The zero-order valence-electron chi connectivity index (χ0n) is 9.62. The van der Waals surface area contributed by atoms with Gasteiger partial charge in [-0.25, -0.2) is 0 Å². The highest BCUT2D eigenvalue weighted by molar-refractivity contribution is 5.62. The largest absolute Gasteiger partial charge is 0.481 e. The van der Waals surface area contributed by atoms with Gasteiger partial charge in [-0.05, 0) is 39.3 Å². The summed E-state index contributed by atoms with van der Waals surface area (Å²) in [7, 11) is 0. The molecule has 1 aliphatic heterocycles. The average Bonchev–Trinajstić information content (AvgIpc) is 2.47. The van der Waals surface area contributed by atoms with Crippen molar-refractivity contribution >= 4 is 5.97 Å². The fourth-order valence-electron chi connectivity index (χ4n) is 1.69. The third-order valence-electron chi connectivity index (χ3n) is 2.49. The summed E-state index contributed by atoms with van der Waals surface area (Å²) in [6.07, 6.45) is 5.56. The Balaban J connectivity index is 0.000000364. The van der Waals surface area contributed by atoms with E-state index in [1.54, 1.807) is 0 Å². The van der Waals surface area contributed by atoms with Gasteiger partial charge in [0.25, 0.3) is 5.97 Å². The van der Waals surface area contributed by atoms with Crippen molar-refractivity contribution in [2.45, 2.75) is 52.5 Å². The molecule has 0 saturated carbocycles. The molecule has 84 valence electrons. The van der Waals surface area contributed by atoms with Crippen molar-refractivity contribution in [1.82, 2.24) is 4.90 Å². The molecule has 0 amide bonds. The van der Waals surface area contributed by atoms with Crippen molar-refractivity contribution < 1.29 is 9.90 Å². The Morgan fingerprint density at radius 3 is 2.50 bits per heavy atom. The first kappa shape index (κ1) is 13.4. The van der Waals surface area contributed by atoms with Gasteiger partial charge in [0.2, 0.25) is 0 Å². The van der Waals surface area contributed by atoms with Gasteiger partial charge in [-0.2, -0.15) is 0 Å². The molecule has 1 rings (SSSR count). The van der Waals surface area contributed by atoms with E-state index in [1.165, 1.54) is 38.8 Å². The molecule has 1 unspecified atom stereocenters. The first-order valence-corrected chi connectivity index (χ1v) is 5.51. The molecule has 0 aromatic heterocycles. The van der Waals surface area contributed by atoms with Crippen LogP contribution in [0.1, 0.15) is 46.5 Å². The fraction of sp³-hybridized carbons (Fsp3) is 0.909. The SMILES string of the molecule is CC(=O)O.CCCCN1CCCC1C. The molecule has 1 saturated heterocycles. The van der Waals surface area contributed by atoms with Gasteiger partial charge < -0.3 is 10.0 Å². The van der Waals surface area contributed by atoms with Gasteiger partial charge >= 0.3 is 0 Å². The minimum absolute atomic E-state index is 0.833. The van der Waals surface area contributed by atoms with Crippen molar-refractivity contribution in [1.29, 1.82) is 0 Å². The van der Waals surface area contributed by atoms with Crippen molar-refractivity contribution in [3.63, 3.8) is 0 Å². The van der Waals surface area contributed by atoms with E-state index in [9.17, 15) is 0 Å². The van der Waals surface area contributed by atoms with Gasteiger partial charge in [0, 0.05) is 13.0 Å². The van der Waals surface area contributed by atoms with Crippen LogP contribution in [0, 0.1) is 0 Å². The number of carboxylic acids is 1. The summed E-state index contributed by atoms with van der Waals surface area (Å²) >= 11 is 0. The van der Waals surface area contributed by atoms with Crippen molar-refractivity contribution in [3.8, 4) is 0 Å². The van der Waals surface area contributed by atoms with E-state index in [4.69, 9.17) is 9.90 Å². The molecule has 0 radical (unpaired) electrons. The maximum absolute atomic E-state index is 9.00. The number of hydrogen-bond acceptors (Lipinski definition) is 2. The lowest BCUT2D eigenvalue weighted by Gasteiger charge is -2.19. The van der Waals surface area contributed by atoms with E-state index in [0.29, 0.717) is 0 Å². The summed E-state index contributed by atoms with van der Waals surface area (Å²) in [5, 5.41) is 7.42. The van der Waals surface area contributed by atoms with Gasteiger partial charge in [0.1, 0.15) is 0 Å². The predicted molar refractivity (Wildman–Crippen MR) is 58.5 cm³/mol. The summed E-state index contributed by atoms with van der Waals surface area (Å²) < 4.78 is 0. The van der Waals surface area contributed by atoms with Gasteiger partial charge in [0.05, 0.1) is 0 Å². The highest BCUT2D eigenvalue weighted by Gasteiger charge is 2.18. The third kappa shape index (κ3) is 6.89. The lowest BCUT2D eigenvalue weighted by atomic mass is 10.2. The summed E-state index contributed by atoms with van der Waals surface area (Å²) in [6.45, 7) is 8.38. The van der Waals surface area contributed by atoms with E-state index in [1.807, 2.05) is 0 Å². The minimum atomic E-state index is -0.833. The molecule has 3 nitrogen and oxygen atoms in total. The molecule has 1 atom stereocenters. The standard InChI is InChI=1S/C9H19N.C2H4O2/c1-3-4-7-10-8-5-6-9(10)2;1-2(3)4/h9H,3-8H2,1-2H3;1H3,(H,3,4). The van der Waals surface area contributed by atoms with Crippen molar-refractivity contribution in [3.05, 3.63) is 0 Å². The van der Waals surface area contributed by atoms with E-state index >= 15 is 0 Å². The fourth-order valence-corrected chi connectivity index (χ4v) is 1.69. The molecule has 0 aromatic rings. The number of rotatable bonds is 3. The molecule has 1 fully saturated rings. The quantitative estimate of drug-likeness (QED) is 0.762. The molecule has 0 spiro atoms. The van der Waals surface area contributed by atoms with Crippen LogP contribution in [0.25, 0.3) is 0 Å². The number of unbranched alkanes of at least 4 members (excludes halogenated alkanes) is 1. The van der Waals surface area contributed by atoms with E-state index < -0.39 is 5.97 Å². The summed E-state index contributed by atoms with van der Waals surface area (Å²) in [5.41, 5.74) is 0. The lowest BCUT2D eigenvalue weighted by Crippen LogP contribution is -2.27. The predicted octanol–water partition coefficient (Wildman–Crippen LogP) is 2.36. The lowest BCUT2D eigenvalue weighted by molar-refractivity contribution is -0.134. The average molecular weight is 201 g/mol. The van der Waals surface area contributed by atoms with Crippen LogP contribution in [0.5, 0.6) is 0 Å². The first-order chi connectivity index (χ1) is 6.57. The highest BCUT2D eigenvalue weighted by atomic mass is 16.4. The third-order valence-corrected chi connectivity index (χ3v) is 2.49.